The molecule has 2 aromatic rings. The van der Waals surface area contributed by atoms with Crippen LogP contribution in [0.15, 0.2) is 40.9 Å². The number of aryl methyl sites for hydroxylation is 1. The molecular weight excluding hydrogens is 330 g/mol. The summed E-state index contributed by atoms with van der Waals surface area (Å²) < 4.78 is 6.56. The molecule has 0 aromatic heterocycles. The van der Waals surface area contributed by atoms with Crippen molar-refractivity contribution in [2.75, 3.05) is 0 Å². The van der Waals surface area contributed by atoms with Crippen molar-refractivity contribution in [3.05, 3.63) is 57.0 Å². The Morgan fingerprint density at radius 3 is 2.63 bits per heavy atom. The summed E-state index contributed by atoms with van der Waals surface area (Å²) in [6.07, 6.45) is 0. The molecule has 5 heteroatoms. The predicted octanol–water partition coefficient (Wildman–Crippen LogP) is 4.30. The van der Waals surface area contributed by atoms with Crippen LogP contribution >= 0.6 is 27.5 Å². The van der Waals surface area contributed by atoms with E-state index in [0.29, 0.717) is 22.1 Å². The third-order valence-corrected chi connectivity index (χ3v) is 3.39. The molecule has 0 atom stereocenters. The molecule has 0 fully saturated rings. The molecular formula is C14H11BrClNO2. The van der Waals surface area contributed by atoms with E-state index >= 15 is 0 Å². The number of carbonyl (C=O) groups is 1. The number of rotatable bonds is 3. The molecule has 2 N–H and O–H groups in total. The summed E-state index contributed by atoms with van der Waals surface area (Å²) in [6, 6.07) is 10.4. The zero-order valence-corrected chi connectivity index (χ0v) is 12.5. The lowest BCUT2D eigenvalue weighted by atomic mass is 10.1. The average Bonchev–Trinajstić information content (AvgIpc) is 2.33. The normalized spacial score (nSPS) is 10.3. The highest BCUT2D eigenvalue weighted by Crippen LogP contribution is 2.32. The highest BCUT2D eigenvalue weighted by atomic mass is 79.9. The molecule has 0 radical (unpaired) electrons. The first-order valence-electron chi connectivity index (χ1n) is 5.51. The van der Waals surface area contributed by atoms with Crippen molar-refractivity contribution in [2.24, 2.45) is 5.73 Å². The molecule has 0 aliphatic carbocycles. The molecule has 0 aliphatic rings. The highest BCUT2D eigenvalue weighted by molar-refractivity contribution is 9.10. The number of hydrogen-bond donors (Lipinski definition) is 1. The van der Waals surface area contributed by atoms with E-state index in [4.69, 9.17) is 22.1 Å². The highest BCUT2D eigenvalue weighted by Gasteiger charge is 2.08. The van der Waals surface area contributed by atoms with Crippen molar-refractivity contribution in [1.29, 1.82) is 0 Å². The molecule has 2 aromatic carbocycles. The van der Waals surface area contributed by atoms with E-state index in [1.165, 1.54) is 0 Å². The largest absolute Gasteiger partial charge is 0.456 e. The summed E-state index contributed by atoms with van der Waals surface area (Å²) >= 11 is 9.40. The summed E-state index contributed by atoms with van der Waals surface area (Å²) in [5.41, 5.74) is 6.49. The number of nitrogens with two attached hydrogens (primary N) is 1. The molecule has 0 saturated heterocycles. The Kier molecular flexibility index (Phi) is 4.12. The van der Waals surface area contributed by atoms with E-state index in [-0.39, 0.29) is 0 Å². The third kappa shape index (κ3) is 3.28. The first-order valence-corrected chi connectivity index (χ1v) is 6.68. The summed E-state index contributed by atoms with van der Waals surface area (Å²) in [5, 5.41) is 0.514. The number of benzene rings is 2. The van der Waals surface area contributed by atoms with Gasteiger partial charge in [-0.3, -0.25) is 4.79 Å². The number of carbonyl (C=O) groups excluding carboxylic acids is 1. The van der Waals surface area contributed by atoms with Crippen molar-refractivity contribution in [3.8, 4) is 11.5 Å². The molecule has 0 bridgehead atoms. The van der Waals surface area contributed by atoms with Crippen LogP contribution in [0.3, 0.4) is 0 Å². The van der Waals surface area contributed by atoms with Crippen molar-refractivity contribution in [3.63, 3.8) is 0 Å². The molecule has 0 spiro atoms. The topological polar surface area (TPSA) is 52.3 Å². The predicted molar refractivity (Wildman–Crippen MR) is 78.9 cm³/mol. The zero-order chi connectivity index (χ0) is 14.0. The average molecular weight is 341 g/mol. The number of hydrogen-bond acceptors (Lipinski definition) is 2. The first kappa shape index (κ1) is 13.9. The van der Waals surface area contributed by atoms with Gasteiger partial charge in [-0.05, 0) is 48.9 Å². The maximum Gasteiger partial charge on any atom is 0.248 e. The molecule has 2 rings (SSSR count). The summed E-state index contributed by atoms with van der Waals surface area (Å²) in [7, 11) is 0. The third-order valence-electron chi connectivity index (χ3n) is 2.58. The van der Waals surface area contributed by atoms with Crippen molar-refractivity contribution in [1.82, 2.24) is 0 Å². The minimum Gasteiger partial charge on any atom is -0.456 e. The molecule has 3 nitrogen and oxygen atoms in total. The number of amides is 1. The Labute approximate surface area is 124 Å². The van der Waals surface area contributed by atoms with E-state index in [9.17, 15) is 4.79 Å². The Bertz CT molecular complexity index is 643. The fourth-order valence-electron chi connectivity index (χ4n) is 1.66. The van der Waals surface area contributed by atoms with Crippen molar-refractivity contribution in [2.45, 2.75) is 6.92 Å². The molecule has 0 unspecified atom stereocenters. The Morgan fingerprint density at radius 2 is 2.00 bits per heavy atom. The number of halogens is 2. The van der Waals surface area contributed by atoms with Crippen LogP contribution in [0.5, 0.6) is 11.5 Å². The lowest BCUT2D eigenvalue weighted by molar-refractivity contribution is 0.0999. The minimum atomic E-state index is -0.454. The summed E-state index contributed by atoms with van der Waals surface area (Å²) in [5.74, 6) is 0.689. The van der Waals surface area contributed by atoms with Crippen LogP contribution in [-0.4, -0.2) is 5.91 Å². The van der Waals surface area contributed by atoms with Gasteiger partial charge >= 0.3 is 0 Å². The number of primary amides is 1. The lowest BCUT2D eigenvalue weighted by Gasteiger charge is -2.10. The van der Waals surface area contributed by atoms with Gasteiger partial charge in [-0.15, -0.1) is 0 Å². The van der Waals surface area contributed by atoms with Crippen molar-refractivity contribution >= 4 is 33.4 Å². The second-order valence-electron chi connectivity index (χ2n) is 4.02. The van der Waals surface area contributed by atoms with Crippen LogP contribution in [0.1, 0.15) is 15.9 Å². The molecule has 0 aliphatic heterocycles. The monoisotopic (exact) mass is 339 g/mol. The van der Waals surface area contributed by atoms with E-state index in [1.807, 2.05) is 6.07 Å². The Morgan fingerprint density at radius 1 is 1.26 bits per heavy atom. The van der Waals surface area contributed by atoms with E-state index in [2.05, 4.69) is 15.9 Å². The summed E-state index contributed by atoms with van der Waals surface area (Å²) in [6.45, 7) is 1.80. The SMILES string of the molecule is Cc1cc(Oc2cc(Br)ccc2Cl)ccc1C(N)=O. The number of ether oxygens (including phenoxy) is 1. The van der Waals surface area contributed by atoms with Crippen molar-refractivity contribution < 1.29 is 9.53 Å². The van der Waals surface area contributed by atoms with Gasteiger partial charge in [0.15, 0.2) is 0 Å². The fourth-order valence-corrected chi connectivity index (χ4v) is 2.15. The fraction of sp³-hybridized carbons (Fsp3) is 0.0714. The van der Waals surface area contributed by atoms with E-state index < -0.39 is 5.91 Å². The zero-order valence-electron chi connectivity index (χ0n) is 10.1. The van der Waals surface area contributed by atoms with Crippen LogP contribution in [0.4, 0.5) is 0 Å². The van der Waals surface area contributed by atoms with Gasteiger partial charge in [-0.25, -0.2) is 0 Å². The lowest BCUT2D eigenvalue weighted by Crippen LogP contribution is -2.12. The van der Waals surface area contributed by atoms with Gasteiger partial charge < -0.3 is 10.5 Å². The minimum absolute atomic E-state index is 0.454. The second-order valence-corrected chi connectivity index (χ2v) is 5.34. The second kappa shape index (κ2) is 5.63. The van der Waals surface area contributed by atoms with Crippen LogP contribution in [-0.2, 0) is 0 Å². The van der Waals surface area contributed by atoms with Gasteiger partial charge in [0.25, 0.3) is 0 Å². The van der Waals surface area contributed by atoms with Gasteiger partial charge in [0.05, 0.1) is 5.02 Å². The van der Waals surface area contributed by atoms with Crippen LogP contribution in [0.2, 0.25) is 5.02 Å². The first-order chi connectivity index (χ1) is 8.97. The van der Waals surface area contributed by atoms with Gasteiger partial charge in [0, 0.05) is 10.0 Å². The molecule has 19 heavy (non-hydrogen) atoms. The molecule has 1 amide bonds. The van der Waals surface area contributed by atoms with Gasteiger partial charge in [-0.1, -0.05) is 27.5 Å². The van der Waals surface area contributed by atoms with E-state index in [1.54, 1.807) is 37.3 Å². The van der Waals surface area contributed by atoms with Crippen LogP contribution in [0.25, 0.3) is 0 Å². The summed E-state index contributed by atoms with van der Waals surface area (Å²) in [4.78, 5) is 11.1. The molecule has 0 heterocycles. The van der Waals surface area contributed by atoms with Gasteiger partial charge in [0.1, 0.15) is 11.5 Å². The van der Waals surface area contributed by atoms with E-state index in [0.717, 1.165) is 10.0 Å². The van der Waals surface area contributed by atoms with Gasteiger partial charge in [0.2, 0.25) is 5.91 Å². The molecule has 0 saturated carbocycles. The maximum atomic E-state index is 11.1. The van der Waals surface area contributed by atoms with Crippen LogP contribution in [0, 0.1) is 6.92 Å². The smallest absolute Gasteiger partial charge is 0.248 e. The standard InChI is InChI=1S/C14H11BrClNO2/c1-8-6-10(3-4-11(8)14(17)18)19-13-7-9(15)2-5-12(13)16/h2-7H,1H3,(H2,17,18). The Hall–Kier alpha value is -1.52. The van der Waals surface area contributed by atoms with Crippen LogP contribution < -0.4 is 10.5 Å². The molecule has 98 valence electrons. The maximum absolute atomic E-state index is 11.1. The van der Waals surface area contributed by atoms with Gasteiger partial charge in [-0.2, -0.15) is 0 Å². The Balaban J connectivity index is 2.31. The quantitative estimate of drug-likeness (QED) is 0.905.